The lowest BCUT2D eigenvalue weighted by Crippen LogP contribution is -1.94. The van der Waals surface area contributed by atoms with Crippen molar-refractivity contribution in [1.82, 2.24) is 4.98 Å². The lowest BCUT2D eigenvalue weighted by molar-refractivity contribution is 0.364. The van der Waals surface area contributed by atoms with E-state index in [1.165, 1.54) is 0 Å². The van der Waals surface area contributed by atoms with Crippen molar-refractivity contribution in [2.45, 2.75) is 0 Å². The third kappa shape index (κ3) is 2.57. The minimum absolute atomic E-state index is 0.471. The fraction of sp³-hybridized carbons (Fsp3) is 0.300. The molecule has 0 radical (unpaired) electrons. The van der Waals surface area contributed by atoms with E-state index in [-0.39, 0.29) is 0 Å². The molecule has 4 heteroatoms. The summed E-state index contributed by atoms with van der Waals surface area (Å²) in [6.45, 7) is 0. The number of methoxy groups -OCH3 is 2. The van der Waals surface area contributed by atoms with E-state index in [0.717, 1.165) is 5.56 Å². The number of hydrogen-bond acceptors (Lipinski definition) is 4. The highest BCUT2D eigenvalue weighted by Crippen LogP contribution is 2.18. The fourth-order valence-electron chi connectivity index (χ4n) is 0.923. The van der Waals surface area contributed by atoms with Crippen LogP contribution < -0.4 is 9.47 Å². The molecule has 14 heavy (non-hydrogen) atoms. The van der Waals surface area contributed by atoms with E-state index in [1.807, 2.05) is 0 Å². The van der Waals surface area contributed by atoms with E-state index in [1.54, 1.807) is 26.4 Å². The number of hydrogen-bond donors (Lipinski definition) is 1. The maximum atomic E-state index is 5.07. The van der Waals surface area contributed by atoms with Crippen molar-refractivity contribution in [3.63, 3.8) is 0 Å². The molecule has 0 saturated heterocycles. The van der Waals surface area contributed by atoms with Gasteiger partial charge in [-0.3, -0.25) is 0 Å². The Labute approximate surface area is 88.9 Å². The maximum absolute atomic E-state index is 5.07. The minimum atomic E-state index is 0.471. The molecule has 3 nitrogen and oxygen atoms in total. The number of rotatable bonds is 2. The molecule has 0 fully saturated rings. The van der Waals surface area contributed by atoms with Gasteiger partial charge in [-0.05, 0) is 6.07 Å². The van der Waals surface area contributed by atoms with Crippen LogP contribution in [0.25, 0.3) is 0 Å². The zero-order valence-electron chi connectivity index (χ0n) is 8.07. The molecule has 0 aromatic carbocycles. The second-order valence-corrected chi connectivity index (χ2v) is 2.69. The van der Waals surface area contributed by atoms with Crippen LogP contribution in [0, 0.1) is 11.8 Å². The molecule has 0 aliphatic heterocycles. The Morgan fingerprint density at radius 3 is 2.71 bits per heavy atom. The molecule has 1 heterocycles. The van der Waals surface area contributed by atoms with Crippen LogP contribution in [0.15, 0.2) is 12.1 Å². The zero-order valence-corrected chi connectivity index (χ0v) is 8.97. The molecule has 0 bridgehead atoms. The van der Waals surface area contributed by atoms with Crippen LogP contribution in [0.4, 0.5) is 0 Å². The Kier molecular flexibility index (Phi) is 4.14. The summed E-state index contributed by atoms with van der Waals surface area (Å²) in [5.74, 6) is 7.22. The Morgan fingerprint density at radius 1 is 1.36 bits per heavy atom. The molecule has 0 aliphatic carbocycles. The molecule has 0 unspecified atom stereocenters. The molecule has 1 aromatic rings. The Bertz CT molecular complexity index is 368. The SMILES string of the molecule is COc1ccc(C#CCS)c(OC)n1. The second kappa shape index (κ2) is 5.40. The van der Waals surface area contributed by atoms with E-state index in [9.17, 15) is 0 Å². The third-order valence-electron chi connectivity index (χ3n) is 1.54. The molecule has 0 amide bonds. The van der Waals surface area contributed by atoms with Gasteiger partial charge in [-0.2, -0.15) is 17.6 Å². The first-order valence-electron chi connectivity index (χ1n) is 4.00. The zero-order chi connectivity index (χ0) is 10.4. The van der Waals surface area contributed by atoms with Gasteiger partial charge >= 0.3 is 0 Å². The maximum Gasteiger partial charge on any atom is 0.232 e. The van der Waals surface area contributed by atoms with Gasteiger partial charge in [-0.1, -0.05) is 11.8 Å². The molecule has 74 valence electrons. The standard InChI is InChI=1S/C10H11NO2S/c1-12-9-6-5-8(4-3-7-14)10(11-9)13-2/h5-6,14H,7H2,1-2H3. The topological polar surface area (TPSA) is 31.4 Å². The summed E-state index contributed by atoms with van der Waals surface area (Å²) in [5, 5.41) is 0. The third-order valence-corrected chi connectivity index (χ3v) is 1.70. The van der Waals surface area contributed by atoms with Crippen LogP contribution in [0.2, 0.25) is 0 Å². The van der Waals surface area contributed by atoms with Crippen molar-refractivity contribution in [2.75, 3.05) is 20.0 Å². The monoisotopic (exact) mass is 209 g/mol. The van der Waals surface area contributed by atoms with Crippen LogP contribution in [0.1, 0.15) is 5.56 Å². The van der Waals surface area contributed by atoms with Crippen LogP contribution >= 0.6 is 12.6 Å². The molecule has 0 N–H and O–H groups in total. The van der Waals surface area contributed by atoms with E-state index in [2.05, 4.69) is 29.5 Å². The highest BCUT2D eigenvalue weighted by molar-refractivity contribution is 7.80. The van der Waals surface area contributed by atoms with Gasteiger partial charge in [0.15, 0.2) is 0 Å². The van der Waals surface area contributed by atoms with Gasteiger partial charge in [0.05, 0.1) is 25.5 Å². The lowest BCUT2D eigenvalue weighted by Gasteiger charge is -2.03. The van der Waals surface area contributed by atoms with Gasteiger partial charge in [-0.25, -0.2) is 0 Å². The summed E-state index contributed by atoms with van der Waals surface area (Å²) in [4.78, 5) is 4.09. The first-order chi connectivity index (χ1) is 6.81. The molecule has 0 saturated carbocycles. The predicted octanol–water partition coefficient (Wildman–Crippen LogP) is 1.38. The highest BCUT2D eigenvalue weighted by atomic mass is 32.1. The largest absolute Gasteiger partial charge is 0.481 e. The van der Waals surface area contributed by atoms with Gasteiger partial charge in [0.1, 0.15) is 0 Å². The smallest absolute Gasteiger partial charge is 0.232 e. The van der Waals surface area contributed by atoms with Crippen LogP contribution in [-0.4, -0.2) is 25.0 Å². The summed E-state index contributed by atoms with van der Waals surface area (Å²) in [6.07, 6.45) is 0. The summed E-state index contributed by atoms with van der Waals surface area (Å²) in [6, 6.07) is 3.55. The lowest BCUT2D eigenvalue weighted by atomic mass is 10.3. The van der Waals surface area contributed by atoms with Crippen LogP contribution in [0.3, 0.4) is 0 Å². The number of nitrogens with zero attached hydrogens (tertiary/aromatic N) is 1. The number of thiol groups is 1. The predicted molar refractivity (Wildman–Crippen MR) is 58.1 cm³/mol. The Balaban J connectivity index is 3.05. The molecule has 1 aromatic heterocycles. The van der Waals surface area contributed by atoms with Crippen molar-refractivity contribution in [1.29, 1.82) is 0 Å². The molecule has 0 aliphatic rings. The van der Waals surface area contributed by atoms with E-state index in [4.69, 9.17) is 9.47 Å². The van der Waals surface area contributed by atoms with Gasteiger partial charge in [0.2, 0.25) is 11.8 Å². The van der Waals surface area contributed by atoms with Crippen molar-refractivity contribution in [3.05, 3.63) is 17.7 Å². The van der Waals surface area contributed by atoms with Crippen LogP contribution in [0.5, 0.6) is 11.8 Å². The number of ether oxygens (including phenoxy) is 2. The van der Waals surface area contributed by atoms with Gasteiger partial charge < -0.3 is 9.47 Å². The summed E-state index contributed by atoms with van der Waals surface area (Å²) < 4.78 is 10.0. The van der Waals surface area contributed by atoms with E-state index < -0.39 is 0 Å². The summed E-state index contributed by atoms with van der Waals surface area (Å²) in [7, 11) is 3.11. The first kappa shape index (κ1) is 10.7. The average molecular weight is 209 g/mol. The molecule has 1 rings (SSSR count). The molecule has 0 atom stereocenters. The summed E-state index contributed by atoms with van der Waals surface area (Å²) >= 11 is 3.99. The van der Waals surface area contributed by atoms with Crippen molar-refractivity contribution < 1.29 is 9.47 Å². The van der Waals surface area contributed by atoms with Crippen molar-refractivity contribution in [3.8, 4) is 23.6 Å². The quantitative estimate of drug-likeness (QED) is 0.590. The first-order valence-corrected chi connectivity index (χ1v) is 4.63. The second-order valence-electron chi connectivity index (χ2n) is 2.37. The van der Waals surface area contributed by atoms with Gasteiger partial charge in [0, 0.05) is 6.07 Å². The van der Waals surface area contributed by atoms with Crippen LogP contribution in [-0.2, 0) is 0 Å². The number of pyridine rings is 1. The number of aromatic nitrogens is 1. The minimum Gasteiger partial charge on any atom is -0.481 e. The molecular weight excluding hydrogens is 198 g/mol. The average Bonchev–Trinajstić information content (AvgIpc) is 2.26. The van der Waals surface area contributed by atoms with Gasteiger partial charge in [0.25, 0.3) is 0 Å². The highest BCUT2D eigenvalue weighted by Gasteiger charge is 2.03. The Hall–Kier alpha value is -1.34. The summed E-state index contributed by atoms with van der Waals surface area (Å²) in [5.41, 5.74) is 0.738. The van der Waals surface area contributed by atoms with E-state index in [0.29, 0.717) is 17.5 Å². The van der Waals surface area contributed by atoms with E-state index >= 15 is 0 Å². The van der Waals surface area contributed by atoms with Crippen molar-refractivity contribution in [2.24, 2.45) is 0 Å². The van der Waals surface area contributed by atoms with Crippen molar-refractivity contribution >= 4 is 12.6 Å². The molecule has 0 spiro atoms. The van der Waals surface area contributed by atoms with Gasteiger partial charge in [-0.15, -0.1) is 0 Å². The Morgan fingerprint density at radius 2 is 2.14 bits per heavy atom. The molecular formula is C10H11NO2S. The fourth-order valence-corrected chi connectivity index (χ4v) is 1.00. The normalized spacial score (nSPS) is 8.79.